The lowest BCUT2D eigenvalue weighted by molar-refractivity contribution is -0.161. The first kappa shape index (κ1) is 26.7. The first-order valence-electron chi connectivity index (χ1n) is 13.2. The van der Waals surface area contributed by atoms with Crippen LogP contribution >= 0.6 is 11.6 Å². The number of aryl methyl sites for hydroxylation is 1. The van der Waals surface area contributed by atoms with E-state index in [0.717, 1.165) is 5.56 Å². The Hall–Kier alpha value is -2.94. The van der Waals surface area contributed by atoms with Crippen molar-refractivity contribution in [2.24, 2.45) is 11.8 Å². The SMILES string of the molecule is CCOC(=O)[C@@H]1[C@H]2C(=O)N([C@H](CO)c3ccccc3)C(C(=O)Nc3c(C)cccc3Cl)C23CC[C@@]1(CC)O3. The minimum atomic E-state index is -1.24. The third kappa shape index (κ3) is 3.84. The molecule has 2 N–H and O–H groups in total. The van der Waals surface area contributed by atoms with Crippen molar-refractivity contribution in [2.75, 3.05) is 18.5 Å². The number of aliphatic hydroxyl groups is 1. The minimum Gasteiger partial charge on any atom is -0.466 e. The van der Waals surface area contributed by atoms with Crippen LogP contribution in [0.5, 0.6) is 0 Å². The van der Waals surface area contributed by atoms with E-state index < -0.39 is 59.5 Å². The quantitative estimate of drug-likeness (QED) is 0.490. The summed E-state index contributed by atoms with van der Waals surface area (Å²) in [7, 11) is 0. The summed E-state index contributed by atoms with van der Waals surface area (Å²) in [5.41, 5.74) is -0.237. The summed E-state index contributed by atoms with van der Waals surface area (Å²) in [4.78, 5) is 43.3. The van der Waals surface area contributed by atoms with Gasteiger partial charge in [0.15, 0.2) is 0 Å². The molecule has 6 atom stereocenters. The maximum absolute atomic E-state index is 14.3. The van der Waals surface area contributed by atoms with Crippen LogP contribution in [0.25, 0.3) is 0 Å². The second kappa shape index (κ2) is 9.98. The van der Waals surface area contributed by atoms with Crippen molar-refractivity contribution in [1.82, 2.24) is 4.90 Å². The Bertz CT molecular complexity index is 1230. The minimum absolute atomic E-state index is 0.172. The second-order valence-corrected chi connectivity index (χ2v) is 10.8. The number of amides is 2. The Balaban J connectivity index is 1.64. The summed E-state index contributed by atoms with van der Waals surface area (Å²) in [5.74, 6) is -3.10. The van der Waals surface area contributed by atoms with E-state index in [4.69, 9.17) is 21.1 Å². The highest BCUT2D eigenvalue weighted by Crippen LogP contribution is 2.65. The molecular formula is C29H33ClN2O6. The van der Waals surface area contributed by atoms with Gasteiger partial charge in [0.25, 0.3) is 0 Å². The van der Waals surface area contributed by atoms with Gasteiger partial charge in [-0.2, -0.15) is 0 Å². The van der Waals surface area contributed by atoms with E-state index in [2.05, 4.69) is 5.32 Å². The zero-order chi connectivity index (χ0) is 27.2. The van der Waals surface area contributed by atoms with Gasteiger partial charge in [0.2, 0.25) is 11.8 Å². The van der Waals surface area contributed by atoms with Crippen LogP contribution in [0.2, 0.25) is 5.02 Å². The Morgan fingerprint density at radius 2 is 1.92 bits per heavy atom. The number of anilines is 1. The normalized spacial score (nSPS) is 30.3. The van der Waals surface area contributed by atoms with Gasteiger partial charge >= 0.3 is 5.97 Å². The number of likely N-dealkylation sites (tertiary alicyclic amines) is 1. The van der Waals surface area contributed by atoms with Gasteiger partial charge in [-0.1, -0.05) is 61.0 Å². The predicted octanol–water partition coefficient (Wildman–Crippen LogP) is 4.04. The lowest BCUT2D eigenvalue weighted by Crippen LogP contribution is -2.54. The summed E-state index contributed by atoms with van der Waals surface area (Å²) >= 11 is 6.44. The van der Waals surface area contributed by atoms with Gasteiger partial charge in [-0.15, -0.1) is 0 Å². The van der Waals surface area contributed by atoms with Gasteiger partial charge in [-0.3, -0.25) is 14.4 Å². The number of esters is 1. The molecule has 3 aliphatic heterocycles. The van der Waals surface area contributed by atoms with Crippen molar-refractivity contribution in [3.8, 4) is 0 Å². The molecule has 5 rings (SSSR count). The van der Waals surface area contributed by atoms with Gasteiger partial charge in [-0.25, -0.2) is 0 Å². The highest BCUT2D eigenvalue weighted by atomic mass is 35.5. The fraction of sp³-hybridized carbons (Fsp3) is 0.483. The number of carbonyl (C=O) groups excluding carboxylic acids is 3. The van der Waals surface area contributed by atoms with E-state index >= 15 is 0 Å². The third-order valence-electron chi connectivity index (χ3n) is 8.57. The van der Waals surface area contributed by atoms with E-state index in [1.54, 1.807) is 19.1 Å². The number of carbonyl (C=O) groups is 3. The van der Waals surface area contributed by atoms with Gasteiger partial charge in [0.05, 0.1) is 41.5 Å². The zero-order valence-corrected chi connectivity index (χ0v) is 22.5. The first-order chi connectivity index (χ1) is 18.2. The predicted molar refractivity (Wildman–Crippen MR) is 141 cm³/mol. The topological polar surface area (TPSA) is 105 Å². The van der Waals surface area contributed by atoms with Gasteiger partial charge in [0, 0.05) is 0 Å². The maximum Gasteiger partial charge on any atom is 0.312 e. The zero-order valence-electron chi connectivity index (χ0n) is 21.8. The number of para-hydroxylation sites is 1. The fourth-order valence-electron chi connectivity index (χ4n) is 6.89. The number of hydrogen-bond donors (Lipinski definition) is 2. The number of fused-ring (bicyclic) bond motifs is 1. The third-order valence-corrected chi connectivity index (χ3v) is 8.89. The number of aliphatic hydroxyl groups excluding tert-OH is 1. The van der Waals surface area contributed by atoms with Crippen molar-refractivity contribution in [1.29, 1.82) is 0 Å². The number of hydrogen-bond acceptors (Lipinski definition) is 6. The number of rotatable bonds is 8. The standard InChI is InChI=1S/C29H33ClN2O6/c1-4-28-14-15-29(38-28)21(22(28)27(36)37-5-2)26(35)32(20(16-33)18-11-7-6-8-12-18)24(29)25(34)31-23-17(3)10-9-13-19(23)30/h6-13,20-22,24,33H,4-5,14-16H2,1-3H3,(H,31,34)/t20-,21+,22+,24?,28-,29?/m1/s1. The molecule has 3 aliphatic rings. The van der Waals surface area contributed by atoms with Crippen LogP contribution in [-0.4, -0.2) is 58.2 Å². The summed E-state index contributed by atoms with van der Waals surface area (Å²) in [6, 6.07) is 12.5. The number of ether oxygens (including phenoxy) is 2. The maximum atomic E-state index is 14.3. The van der Waals surface area contributed by atoms with Crippen LogP contribution in [0.15, 0.2) is 48.5 Å². The van der Waals surface area contributed by atoms with Gasteiger partial charge < -0.3 is 24.8 Å². The van der Waals surface area contributed by atoms with Gasteiger partial charge in [0.1, 0.15) is 17.6 Å². The van der Waals surface area contributed by atoms with E-state index in [1.807, 2.05) is 50.2 Å². The molecule has 0 aliphatic carbocycles. The molecule has 1 spiro atoms. The molecule has 2 aromatic rings. The molecule has 0 aromatic heterocycles. The average Bonchev–Trinajstić information content (AvgIpc) is 3.51. The van der Waals surface area contributed by atoms with Crippen molar-refractivity contribution >= 4 is 35.1 Å². The van der Waals surface area contributed by atoms with Crippen molar-refractivity contribution in [3.63, 3.8) is 0 Å². The van der Waals surface area contributed by atoms with Crippen molar-refractivity contribution < 1.29 is 29.0 Å². The summed E-state index contributed by atoms with van der Waals surface area (Å²) in [5, 5.41) is 13.9. The molecule has 3 fully saturated rings. The van der Waals surface area contributed by atoms with Crippen LogP contribution in [0.1, 0.15) is 50.3 Å². The number of nitrogens with one attached hydrogen (secondary N) is 1. The highest BCUT2D eigenvalue weighted by molar-refractivity contribution is 6.34. The molecule has 9 heteroatoms. The Labute approximate surface area is 227 Å². The molecule has 2 unspecified atom stereocenters. The Morgan fingerprint density at radius 1 is 1.18 bits per heavy atom. The fourth-order valence-corrected chi connectivity index (χ4v) is 7.16. The number of halogens is 1. The number of nitrogens with zero attached hydrogens (tertiary/aromatic N) is 1. The molecule has 2 bridgehead atoms. The summed E-state index contributed by atoms with van der Waals surface area (Å²) in [6.45, 7) is 5.25. The molecule has 38 heavy (non-hydrogen) atoms. The first-order valence-corrected chi connectivity index (χ1v) is 13.5. The second-order valence-electron chi connectivity index (χ2n) is 10.4. The van der Waals surface area contributed by atoms with Crippen LogP contribution in [0, 0.1) is 18.8 Å². The molecule has 3 saturated heterocycles. The van der Waals surface area contributed by atoms with Gasteiger partial charge in [-0.05, 0) is 50.3 Å². The lowest BCUT2D eigenvalue weighted by Gasteiger charge is -2.37. The molecule has 0 radical (unpaired) electrons. The van der Waals surface area contributed by atoms with Crippen LogP contribution in [0.4, 0.5) is 5.69 Å². The Morgan fingerprint density at radius 3 is 2.55 bits per heavy atom. The smallest absolute Gasteiger partial charge is 0.312 e. The molecule has 8 nitrogen and oxygen atoms in total. The Kier molecular flexibility index (Phi) is 7.00. The molecule has 202 valence electrons. The lowest BCUT2D eigenvalue weighted by atomic mass is 9.65. The van der Waals surface area contributed by atoms with Crippen molar-refractivity contribution in [3.05, 3.63) is 64.7 Å². The molecule has 3 heterocycles. The molecular weight excluding hydrogens is 508 g/mol. The average molecular weight is 541 g/mol. The largest absolute Gasteiger partial charge is 0.466 e. The monoisotopic (exact) mass is 540 g/mol. The van der Waals surface area contributed by atoms with E-state index in [1.165, 1.54) is 4.90 Å². The van der Waals surface area contributed by atoms with E-state index in [-0.39, 0.29) is 6.61 Å². The van der Waals surface area contributed by atoms with E-state index in [9.17, 15) is 19.5 Å². The molecule has 2 amide bonds. The molecule has 2 aromatic carbocycles. The number of benzene rings is 2. The molecule has 0 saturated carbocycles. The van der Waals surface area contributed by atoms with E-state index in [0.29, 0.717) is 35.5 Å². The van der Waals surface area contributed by atoms with Crippen LogP contribution < -0.4 is 5.32 Å². The van der Waals surface area contributed by atoms with Crippen LogP contribution in [0.3, 0.4) is 0 Å². The van der Waals surface area contributed by atoms with Crippen LogP contribution in [-0.2, 0) is 23.9 Å². The highest BCUT2D eigenvalue weighted by Gasteiger charge is 2.79. The van der Waals surface area contributed by atoms with Crippen molar-refractivity contribution in [2.45, 2.75) is 63.3 Å². The summed E-state index contributed by atoms with van der Waals surface area (Å²) in [6.07, 6.45) is 1.45. The summed E-state index contributed by atoms with van der Waals surface area (Å²) < 4.78 is 12.2.